The molecule has 2 rings (SSSR count). The van der Waals surface area contributed by atoms with Gasteiger partial charge < -0.3 is 16.8 Å². The number of nitrogens with one attached hydrogen (secondary N) is 1. The van der Waals surface area contributed by atoms with Crippen molar-refractivity contribution in [3.05, 3.63) is 23.1 Å². The maximum absolute atomic E-state index is 12.1. The van der Waals surface area contributed by atoms with E-state index in [-0.39, 0.29) is 17.3 Å². The van der Waals surface area contributed by atoms with Crippen LogP contribution in [0.2, 0.25) is 0 Å². The Morgan fingerprint density at radius 3 is 2.58 bits per heavy atom. The van der Waals surface area contributed by atoms with E-state index in [1.54, 1.807) is 11.7 Å². The number of hydrogen-bond donors (Lipinski definition) is 3. The summed E-state index contributed by atoms with van der Waals surface area (Å²) in [7, 11) is 1.80. The Hall–Kier alpha value is -2.64. The highest BCUT2D eigenvalue weighted by Crippen LogP contribution is 2.20. The van der Waals surface area contributed by atoms with Crippen LogP contribution in [0.1, 0.15) is 21.7 Å². The molecule has 0 spiro atoms. The Kier molecular flexibility index (Phi) is 3.07. The lowest BCUT2D eigenvalue weighted by molar-refractivity contribution is 0.102. The van der Waals surface area contributed by atoms with Gasteiger partial charge in [0.1, 0.15) is 11.4 Å². The summed E-state index contributed by atoms with van der Waals surface area (Å²) in [6.45, 7) is 3.67. The molecule has 0 aromatic carbocycles. The van der Waals surface area contributed by atoms with Crippen LogP contribution in [0.4, 0.5) is 17.5 Å². The van der Waals surface area contributed by atoms with E-state index in [1.165, 1.54) is 6.20 Å². The second-order valence-electron chi connectivity index (χ2n) is 4.15. The van der Waals surface area contributed by atoms with Crippen LogP contribution in [-0.4, -0.2) is 25.7 Å². The Balaban J connectivity index is 2.31. The quantitative estimate of drug-likeness (QED) is 0.711. The van der Waals surface area contributed by atoms with Gasteiger partial charge in [0, 0.05) is 13.2 Å². The van der Waals surface area contributed by atoms with Crippen molar-refractivity contribution in [2.45, 2.75) is 13.8 Å². The van der Waals surface area contributed by atoms with Crippen molar-refractivity contribution >= 4 is 23.4 Å². The molecule has 2 aromatic rings. The standard InChI is InChI=1S/C11H15N7O/c1-5-8(6(2)18(3)17-5)15-10(19)7-4-14-11(13)16-9(7)12/h4H,1-3H3,(H,15,19)(H4,12,13,14,16). The SMILES string of the molecule is Cc1nn(C)c(C)c1NC(=O)c1cnc(N)nc1N. The Labute approximate surface area is 109 Å². The molecule has 100 valence electrons. The zero-order chi connectivity index (χ0) is 14.2. The molecule has 0 aliphatic heterocycles. The van der Waals surface area contributed by atoms with Crippen LogP contribution in [0.25, 0.3) is 0 Å². The van der Waals surface area contributed by atoms with Gasteiger partial charge in [-0.1, -0.05) is 0 Å². The minimum Gasteiger partial charge on any atom is -0.383 e. The van der Waals surface area contributed by atoms with E-state index in [0.717, 1.165) is 11.4 Å². The van der Waals surface area contributed by atoms with E-state index in [2.05, 4.69) is 20.4 Å². The minimum absolute atomic E-state index is 0.0304. The van der Waals surface area contributed by atoms with Gasteiger partial charge in [-0.25, -0.2) is 4.98 Å². The van der Waals surface area contributed by atoms with Gasteiger partial charge in [0.15, 0.2) is 0 Å². The zero-order valence-corrected chi connectivity index (χ0v) is 10.9. The largest absolute Gasteiger partial charge is 0.383 e. The number of aromatic nitrogens is 4. The molecule has 8 nitrogen and oxygen atoms in total. The molecule has 5 N–H and O–H groups in total. The van der Waals surface area contributed by atoms with Gasteiger partial charge in [0.05, 0.1) is 17.1 Å². The van der Waals surface area contributed by atoms with Crippen LogP contribution in [0.5, 0.6) is 0 Å². The molecule has 1 amide bonds. The second kappa shape index (κ2) is 4.56. The second-order valence-corrected chi connectivity index (χ2v) is 4.15. The van der Waals surface area contributed by atoms with Gasteiger partial charge in [-0.3, -0.25) is 9.48 Å². The molecule has 0 atom stereocenters. The number of amides is 1. The van der Waals surface area contributed by atoms with E-state index < -0.39 is 5.91 Å². The molecule has 2 aromatic heterocycles. The van der Waals surface area contributed by atoms with Crippen LogP contribution in [0.15, 0.2) is 6.20 Å². The van der Waals surface area contributed by atoms with Crippen molar-refractivity contribution in [3.8, 4) is 0 Å². The monoisotopic (exact) mass is 261 g/mol. The zero-order valence-electron chi connectivity index (χ0n) is 10.9. The average molecular weight is 261 g/mol. The summed E-state index contributed by atoms with van der Waals surface area (Å²) in [5.41, 5.74) is 13.4. The third-order valence-electron chi connectivity index (χ3n) is 2.83. The smallest absolute Gasteiger partial charge is 0.261 e. The maximum atomic E-state index is 12.1. The van der Waals surface area contributed by atoms with Gasteiger partial charge in [0.25, 0.3) is 5.91 Å². The van der Waals surface area contributed by atoms with Crippen molar-refractivity contribution in [1.29, 1.82) is 0 Å². The van der Waals surface area contributed by atoms with Gasteiger partial charge in [-0.15, -0.1) is 0 Å². The molecule has 0 saturated carbocycles. The molecule has 0 fully saturated rings. The summed E-state index contributed by atoms with van der Waals surface area (Å²) in [6.07, 6.45) is 1.30. The minimum atomic E-state index is -0.392. The number of carbonyl (C=O) groups is 1. The fourth-order valence-electron chi connectivity index (χ4n) is 1.72. The summed E-state index contributed by atoms with van der Waals surface area (Å²) in [5.74, 6) is -0.316. The predicted octanol–water partition coefficient (Wildman–Crippen LogP) is 0.244. The van der Waals surface area contributed by atoms with Crippen LogP contribution >= 0.6 is 0 Å². The highest BCUT2D eigenvalue weighted by Gasteiger charge is 2.16. The molecule has 19 heavy (non-hydrogen) atoms. The first kappa shape index (κ1) is 12.8. The van der Waals surface area contributed by atoms with Gasteiger partial charge >= 0.3 is 0 Å². The first-order chi connectivity index (χ1) is 8.90. The van der Waals surface area contributed by atoms with E-state index in [4.69, 9.17) is 11.5 Å². The number of carbonyl (C=O) groups excluding carboxylic acids is 1. The van der Waals surface area contributed by atoms with E-state index >= 15 is 0 Å². The van der Waals surface area contributed by atoms with Crippen LogP contribution in [-0.2, 0) is 7.05 Å². The molecule has 0 radical (unpaired) electrons. The van der Waals surface area contributed by atoms with E-state index in [1.807, 2.05) is 13.8 Å². The fourth-order valence-corrected chi connectivity index (χ4v) is 1.72. The summed E-state index contributed by atoms with van der Waals surface area (Å²) in [4.78, 5) is 19.6. The van der Waals surface area contributed by atoms with Gasteiger partial charge in [-0.2, -0.15) is 10.1 Å². The molecular formula is C11H15N7O. The Morgan fingerprint density at radius 1 is 1.37 bits per heavy atom. The molecular weight excluding hydrogens is 246 g/mol. The number of aryl methyl sites for hydroxylation is 2. The topological polar surface area (TPSA) is 125 Å². The molecule has 2 heterocycles. The first-order valence-corrected chi connectivity index (χ1v) is 5.59. The lowest BCUT2D eigenvalue weighted by atomic mass is 10.2. The molecule has 0 saturated heterocycles. The van der Waals surface area contributed by atoms with Crippen LogP contribution in [0, 0.1) is 13.8 Å². The number of anilines is 3. The van der Waals surface area contributed by atoms with Crippen molar-refractivity contribution in [3.63, 3.8) is 0 Å². The van der Waals surface area contributed by atoms with Crippen LogP contribution in [0.3, 0.4) is 0 Å². The normalized spacial score (nSPS) is 10.5. The lowest BCUT2D eigenvalue weighted by Gasteiger charge is -2.07. The lowest BCUT2D eigenvalue weighted by Crippen LogP contribution is -2.17. The number of nitrogen functional groups attached to an aromatic ring is 2. The molecule has 0 aliphatic carbocycles. The van der Waals surface area contributed by atoms with Crippen molar-refractivity contribution in [1.82, 2.24) is 19.7 Å². The van der Waals surface area contributed by atoms with Crippen molar-refractivity contribution < 1.29 is 4.79 Å². The first-order valence-electron chi connectivity index (χ1n) is 5.59. The predicted molar refractivity (Wildman–Crippen MR) is 71.5 cm³/mol. The number of nitrogens with two attached hydrogens (primary N) is 2. The summed E-state index contributed by atoms with van der Waals surface area (Å²) in [5, 5.41) is 6.97. The van der Waals surface area contributed by atoms with Crippen molar-refractivity contribution in [2.75, 3.05) is 16.8 Å². The number of hydrogen-bond acceptors (Lipinski definition) is 6. The Morgan fingerprint density at radius 2 is 2.05 bits per heavy atom. The molecule has 0 bridgehead atoms. The third kappa shape index (κ3) is 2.32. The number of rotatable bonds is 2. The molecule has 0 aliphatic rings. The molecule has 8 heteroatoms. The van der Waals surface area contributed by atoms with Gasteiger partial charge in [0.2, 0.25) is 5.95 Å². The summed E-state index contributed by atoms with van der Waals surface area (Å²) < 4.78 is 1.69. The van der Waals surface area contributed by atoms with Crippen molar-refractivity contribution in [2.24, 2.45) is 7.05 Å². The highest BCUT2D eigenvalue weighted by atomic mass is 16.1. The highest BCUT2D eigenvalue weighted by molar-refractivity contribution is 6.07. The summed E-state index contributed by atoms with van der Waals surface area (Å²) >= 11 is 0. The van der Waals surface area contributed by atoms with Crippen LogP contribution < -0.4 is 16.8 Å². The third-order valence-corrected chi connectivity index (χ3v) is 2.83. The molecule has 0 unspecified atom stereocenters. The fraction of sp³-hybridized carbons (Fsp3) is 0.273. The Bertz CT molecular complexity index is 647. The number of nitrogens with zero attached hydrogens (tertiary/aromatic N) is 4. The van der Waals surface area contributed by atoms with E-state index in [9.17, 15) is 4.79 Å². The maximum Gasteiger partial charge on any atom is 0.261 e. The average Bonchev–Trinajstić information content (AvgIpc) is 2.56. The van der Waals surface area contributed by atoms with Gasteiger partial charge in [-0.05, 0) is 13.8 Å². The van der Waals surface area contributed by atoms with E-state index in [0.29, 0.717) is 5.69 Å². The summed E-state index contributed by atoms with van der Waals surface area (Å²) in [6, 6.07) is 0.